The van der Waals surface area contributed by atoms with Crippen LogP contribution in [0.4, 0.5) is 0 Å². The summed E-state index contributed by atoms with van der Waals surface area (Å²) in [4.78, 5) is 12.3. The first-order chi connectivity index (χ1) is 8.76. The van der Waals surface area contributed by atoms with Crippen molar-refractivity contribution in [3.05, 3.63) is 29.8 Å². The van der Waals surface area contributed by atoms with E-state index in [1.807, 2.05) is 24.3 Å². The predicted octanol–water partition coefficient (Wildman–Crippen LogP) is 1.95. The van der Waals surface area contributed by atoms with Gasteiger partial charge in [-0.25, -0.2) is 0 Å². The van der Waals surface area contributed by atoms with Crippen LogP contribution in [0.5, 0.6) is 5.75 Å². The van der Waals surface area contributed by atoms with Crippen LogP contribution in [0.1, 0.15) is 24.8 Å². The van der Waals surface area contributed by atoms with Crippen LogP contribution >= 0.6 is 0 Å². The SMILES string of the molecule is COc1cccc(CC(=O)C2CC3CCC2N3)c1. The fourth-order valence-corrected chi connectivity index (χ4v) is 3.29. The van der Waals surface area contributed by atoms with Gasteiger partial charge in [0.2, 0.25) is 0 Å². The molecule has 3 unspecified atom stereocenters. The summed E-state index contributed by atoms with van der Waals surface area (Å²) in [5.41, 5.74) is 1.06. The fourth-order valence-electron chi connectivity index (χ4n) is 3.29. The van der Waals surface area contributed by atoms with Gasteiger partial charge in [0.15, 0.2) is 0 Å². The topological polar surface area (TPSA) is 38.3 Å². The zero-order valence-corrected chi connectivity index (χ0v) is 10.7. The van der Waals surface area contributed by atoms with Crippen LogP contribution in [0.15, 0.2) is 24.3 Å². The molecule has 3 nitrogen and oxygen atoms in total. The molecule has 1 aromatic rings. The van der Waals surface area contributed by atoms with E-state index < -0.39 is 0 Å². The van der Waals surface area contributed by atoms with Gasteiger partial charge in [-0.3, -0.25) is 4.79 Å². The highest BCUT2D eigenvalue weighted by Gasteiger charge is 2.42. The number of benzene rings is 1. The first-order valence-corrected chi connectivity index (χ1v) is 6.68. The Morgan fingerprint density at radius 3 is 3.00 bits per heavy atom. The number of carbonyl (C=O) groups excluding carboxylic acids is 1. The number of ether oxygens (including phenoxy) is 1. The molecule has 2 heterocycles. The molecule has 1 aromatic carbocycles. The molecule has 3 atom stereocenters. The van der Waals surface area contributed by atoms with Crippen LogP contribution in [0.3, 0.4) is 0 Å². The lowest BCUT2D eigenvalue weighted by Crippen LogP contribution is -2.29. The van der Waals surface area contributed by atoms with Crippen molar-refractivity contribution < 1.29 is 9.53 Å². The third-order valence-corrected chi connectivity index (χ3v) is 4.23. The molecule has 96 valence electrons. The predicted molar refractivity (Wildman–Crippen MR) is 69.8 cm³/mol. The van der Waals surface area contributed by atoms with Crippen molar-refractivity contribution in [2.24, 2.45) is 5.92 Å². The summed E-state index contributed by atoms with van der Waals surface area (Å²) in [5, 5.41) is 3.52. The van der Waals surface area contributed by atoms with E-state index in [2.05, 4.69) is 5.32 Å². The second-order valence-corrected chi connectivity index (χ2v) is 5.38. The van der Waals surface area contributed by atoms with E-state index in [9.17, 15) is 4.79 Å². The molecule has 0 saturated carbocycles. The largest absolute Gasteiger partial charge is 0.497 e. The third kappa shape index (κ3) is 2.15. The molecule has 2 bridgehead atoms. The second kappa shape index (κ2) is 4.73. The van der Waals surface area contributed by atoms with Gasteiger partial charge in [0, 0.05) is 24.4 Å². The Morgan fingerprint density at radius 1 is 1.44 bits per heavy atom. The zero-order valence-electron chi connectivity index (χ0n) is 10.7. The minimum Gasteiger partial charge on any atom is -0.497 e. The zero-order chi connectivity index (χ0) is 12.5. The van der Waals surface area contributed by atoms with Gasteiger partial charge in [0.25, 0.3) is 0 Å². The van der Waals surface area contributed by atoms with Gasteiger partial charge in [0.05, 0.1) is 7.11 Å². The Morgan fingerprint density at radius 2 is 2.33 bits per heavy atom. The molecule has 2 fully saturated rings. The molecule has 0 amide bonds. The maximum Gasteiger partial charge on any atom is 0.141 e. The maximum atomic E-state index is 12.3. The van der Waals surface area contributed by atoms with Gasteiger partial charge in [-0.15, -0.1) is 0 Å². The van der Waals surface area contributed by atoms with Crippen LogP contribution in [0.2, 0.25) is 0 Å². The number of Topliss-reactive ketones (excluding diaryl/α,β-unsaturated/α-hetero) is 1. The Labute approximate surface area is 108 Å². The second-order valence-electron chi connectivity index (χ2n) is 5.38. The molecule has 3 rings (SSSR count). The minimum atomic E-state index is 0.231. The number of rotatable bonds is 4. The van der Waals surface area contributed by atoms with Gasteiger partial charge < -0.3 is 10.1 Å². The molecule has 0 spiro atoms. The van der Waals surface area contributed by atoms with Crippen LogP contribution in [0.25, 0.3) is 0 Å². The Kier molecular flexibility index (Phi) is 3.08. The minimum absolute atomic E-state index is 0.231. The number of hydrogen-bond acceptors (Lipinski definition) is 3. The average molecular weight is 245 g/mol. The number of hydrogen-bond donors (Lipinski definition) is 1. The Balaban J connectivity index is 1.67. The van der Waals surface area contributed by atoms with Gasteiger partial charge in [-0.2, -0.15) is 0 Å². The molecule has 2 aliphatic heterocycles. The molecule has 0 aliphatic carbocycles. The van der Waals surface area contributed by atoms with Crippen LogP contribution in [-0.2, 0) is 11.2 Å². The number of nitrogens with one attached hydrogen (secondary N) is 1. The summed E-state index contributed by atoms with van der Waals surface area (Å²) >= 11 is 0. The van der Waals surface area contributed by atoms with Crippen molar-refractivity contribution in [3.63, 3.8) is 0 Å². The smallest absolute Gasteiger partial charge is 0.141 e. The number of fused-ring (bicyclic) bond motifs is 2. The summed E-state index contributed by atoms with van der Waals surface area (Å²) in [6, 6.07) is 8.84. The molecule has 0 radical (unpaired) electrons. The lowest BCUT2D eigenvalue weighted by molar-refractivity contribution is -0.122. The normalized spacial score (nSPS) is 29.5. The third-order valence-electron chi connectivity index (χ3n) is 4.23. The van der Waals surface area contributed by atoms with Crippen LogP contribution in [-0.4, -0.2) is 25.0 Å². The molecule has 1 N–H and O–H groups in total. The first-order valence-electron chi connectivity index (χ1n) is 6.68. The van der Waals surface area contributed by atoms with Gasteiger partial charge in [-0.05, 0) is 37.0 Å². The van der Waals surface area contributed by atoms with Crippen LogP contribution < -0.4 is 10.1 Å². The lowest BCUT2D eigenvalue weighted by Gasteiger charge is -2.18. The van der Waals surface area contributed by atoms with E-state index in [0.29, 0.717) is 24.3 Å². The summed E-state index contributed by atoms with van der Waals surface area (Å²) in [6.07, 6.45) is 3.98. The average Bonchev–Trinajstić information content (AvgIpc) is 3.01. The summed E-state index contributed by atoms with van der Waals surface area (Å²) in [6.45, 7) is 0. The summed E-state index contributed by atoms with van der Waals surface area (Å²) in [7, 11) is 1.65. The molecular formula is C15H19NO2. The van der Waals surface area contributed by atoms with E-state index in [1.165, 1.54) is 12.8 Å². The van der Waals surface area contributed by atoms with Crippen molar-refractivity contribution in [1.29, 1.82) is 0 Å². The van der Waals surface area contributed by atoms with Crippen LogP contribution in [0, 0.1) is 5.92 Å². The molecule has 3 heteroatoms. The first kappa shape index (κ1) is 11.7. The maximum absolute atomic E-state index is 12.3. The van der Waals surface area contributed by atoms with E-state index in [1.54, 1.807) is 7.11 Å². The molecular weight excluding hydrogens is 226 g/mol. The number of methoxy groups -OCH3 is 1. The molecule has 2 saturated heterocycles. The van der Waals surface area contributed by atoms with Crippen molar-refractivity contribution in [1.82, 2.24) is 5.32 Å². The number of carbonyl (C=O) groups is 1. The van der Waals surface area contributed by atoms with Gasteiger partial charge in [0.1, 0.15) is 11.5 Å². The number of ketones is 1. The van der Waals surface area contributed by atoms with Gasteiger partial charge in [-0.1, -0.05) is 12.1 Å². The highest BCUT2D eigenvalue weighted by atomic mass is 16.5. The fraction of sp³-hybridized carbons (Fsp3) is 0.533. The monoisotopic (exact) mass is 245 g/mol. The van der Waals surface area contributed by atoms with E-state index in [0.717, 1.165) is 17.7 Å². The summed E-state index contributed by atoms with van der Waals surface area (Å²) < 4.78 is 5.19. The highest BCUT2D eigenvalue weighted by molar-refractivity contribution is 5.84. The van der Waals surface area contributed by atoms with Crippen molar-refractivity contribution >= 4 is 5.78 Å². The standard InChI is InChI=1S/C15H19NO2/c1-18-12-4-2-3-10(7-12)8-15(17)13-9-11-5-6-14(13)16-11/h2-4,7,11,13-14,16H,5-6,8-9H2,1H3. The molecule has 2 aliphatic rings. The van der Waals surface area contributed by atoms with E-state index in [-0.39, 0.29) is 5.92 Å². The molecule has 18 heavy (non-hydrogen) atoms. The highest BCUT2D eigenvalue weighted by Crippen LogP contribution is 2.34. The summed E-state index contributed by atoms with van der Waals surface area (Å²) in [5.74, 6) is 1.43. The van der Waals surface area contributed by atoms with Gasteiger partial charge >= 0.3 is 0 Å². The lowest BCUT2D eigenvalue weighted by atomic mass is 9.84. The van der Waals surface area contributed by atoms with Crippen molar-refractivity contribution in [2.45, 2.75) is 37.8 Å². The Hall–Kier alpha value is -1.35. The van der Waals surface area contributed by atoms with Crippen molar-refractivity contribution in [3.8, 4) is 5.75 Å². The van der Waals surface area contributed by atoms with E-state index >= 15 is 0 Å². The van der Waals surface area contributed by atoms with Crippen molar-refractivity contribution in [2.75, 3.05) is 7.11 Å². The Bertz CT molecular complexity index is 458. The quantitative estimate of drug-likeness (QED) is 0.881. The molecule has 0 aromatic heterocycles. The van der Waals surface area contributed by atoms with E-state index in [4.69, 9.17) is 4.74 Å².